The first-order valence-corrected chi connectivity index (χ1v) is 3.92. The monoisotopic (exact) mass is 157 g/mol. The highest BCUT2D eigenvalue weighted by Crippen LogP contribution is 2.14. The van der Waals surface area contributed by atoms with E-state index in [1.807, 2.05) is 5.01 Å². The molecule has 2 N–H and O–H groups in total. The number of carbonyl (C=O) groups excluding carboxylic acids is 1. The summed E-state index contributed by atoms with van der Waals surface area (Å²) in [5.41, 5.74) is 5.67. The third-order valence-corrected chi connectivity index (χ3v) is 1.99. The van der Waals surface area contributed by atoms with Gasteiger partial charge < -0.3 is 5.73 Å². The summed E-state index contributed by atoms with van der Waals surface area (Å²) < 4.78 is 0. The third-order valence-electron chi connectivity index (χ3n) is 1.99. The van der Waals surface area contributed by atoms with Gasteiger partial charge in [0.2, 0.25) is 6.41 Å². The molecule has 0 aromatic heterocycles. The molecule has 1 aliphatic rings. The average Bonchev–Trinajstić information content (AvgIpc) is 2.30. The van der Waals surface area contributed by atoms with Crippen LogP contribution in [0.15, 0.2) is 0 Å². The normalized spacial score (nSPS) is 26.5. The molecule has 1 heterocycles. The van der Waals surface area contributed by atoms with Crippen LogP contribution < -0.4 is 5.73 Å². The van der Waals surface area contributed by atoms with E-state index in [2.05, 4.69) is 13.8 Å². The van der Waals surface area contributed by atoms with Crippen LogP contribution in [0.5, 0.6) is 0 Å². The minimum Gasteiger partial charge on any atom is -0.310 e. The fraction of sp³-hybridized carbons (Fsp3) is 0.857. The van der Waals surface area contributed by atoms with Crippen molar-refractivity contribution in [2.45, 2.75) is 32.5 Å². The predicted octanol–water partition coefficient (Wildman–Crippen LogP) is -0.241. The molecule has 0 bridgehead atoms. The van der Waals surface area contributed by atoms with Gasteiger partial charge >= 0.3 is 0 Å². The third kappa shape index (κ3) is 1.52. The van der Waals surface area contributed by atoms with Crippen molar-refractivity contribution < 1.29 is 4.79 Å². The zero-order chi connectivity index (χ0) is 8.43. The van der Waals surface area contributed by atoms with E-state index in [1.54, 1.807) is 5.01 Å². The molecule has 0 aromatic rings. The van der Waals surface area contributed by atoms with E-state index in [0.29, 0.717) is 6.04 Å². The minimum absolute atomic E-state index is 0.116. The van der Waals surface area contributed by atoms with Crippen molar-refractivity contribution in [1.82, 2.24) is 10.0 Å². The van der Waals surface area contributed by atoms with Gasteiger partial charge in [-0.2, -0.15) is 0 Å². The summed E-state index contributed by atoms with van der Waals surface area (Å²) >= 11 is 0. The smallest absolute Gasteiger partial charge is 0.225 e. The highest BCUT2D eigenvalue weighted by Gasteiger charge is 2.28. The second-order valence-corrected chi connectivity index (χ2v) is 3.10. The van der Waals surface area contributed by atoms with Crippen LogP contribution in [0, 0.1) is 0 Å². The van der Waals surface area contributed by atoms with Crippen LogP contribution in [0.25, 0.3) is 0 Å². The first kappa shape index (κ1) is 8.49. The van der Waals surface area contributed by atoms with Crippen molar-refractivity contribution in [3.63, 3.8) is 0 Å². The van der Waals surface area contributed by atoms with E-state index >= 15 is 0 Å². The molecule has 11 heavy (non-hydrogen) atoms. The van der Waals surface area contributed by atoms with Gasteiger partial charge in [0.1, 0.15) is 0 Å². The van der Waals surface area contributed by atoms with Gasteiger partial charge in [-0.15, -0.1) is 0 Å². The van der Waals surface area contributed by atoms with Gasteiger partial charge in [-0.05, 0) is 20.3 Å². The molecular formula is C7H15N3O. The van der Waals surface area contributed by atoms with Crippen molar-refractivity contribution in [2.75, 3.05) is 6.54 Å². The number of nitrogens with zero attached hydrogens (tertiary/aromatic N) is 2. The lowest BCUT2D eigenvalue weighted by Gasteiger charge is -2.29. The number of nitrogens with two attached hydrogens (primary N) is 1. The Balaban J connectivity index is 2.61. The Morgan fingerprint density at radius 1 is 1.64 bits per heavy atom. The predicted molar refractivity (Wildman–Crippen MR) is 42.3 cm³/mol. The minimum atomic E-state index is -0.116. The molecule has 0 aliphatic carbocycles. The quantitative estimate of drug-likeness (QED) is 0.563. The van der Waals surface area contributed by atoms with Gasteiger partial charge in [0.05, 0.1) is 6.17 Å². The van der Waals surface area contributed by atoms with Crippen LogP contribution in [-0.2, 0) is 4.79 Å². The number of hydrogen-bond acceptors (Lipinski definition) is 3. The van der Waals surface area contributed by atoms with Crippen molar-refractivity contribution >= 4 is 6.41 Å². The van der Waals surface area contributed by atoms with Crippen molar-refractivity contribution in [2.24, 2.45) is 5.73 Å². The fourth-order valence-electron chi connectivity index (χ4n) is 1.37. The van der Waals surface area contributed by atoms with Gasteiger partial charge in [0, 0.05) is 12.6 Å². The van der Waals surface area contributed by atoms with Crippen molar-refractivity contribution in [3.05, 3.63) is 0 Å². The number of amides is 1. The molecule has 1 unspecified atom stereocenters. The zero-order valence-corrected chi connectivity index (χ0v) is 7.03. The largest absolute Gasteiger partial charge is 0.310 e. The Morgan fingerprint density at radius 3 is 2.64 bits per heavy atom. The fourth-order valence-corrected chi connectivity index (χ4v) is 1.37. The van der Waals surface area contributed by atoms with E-state index in [4.69, 9.17) is 5.73 Å². The Bertz CT molecular complexity index is 149. The highest BCUT2D eigenvalue weighted by atomic mass is 16.2. The number of carbonyl (C=O) groups is 1. The molecule has 0 spiro atoms. The number of rotatable bonds is 2. The van der Waals surface area contributed by atoms with Crippen LogP contribution in [0.2, 0.25) is 0 Å². The number of hydrogen-bond donors (Lipinski definition) is 1. The van der Waals surface area contributed by atoms with Crippen LogP contribution in [0.4, 0.5) is 0 Å². The first-order chi connectivity index (χ1) is 5.16. The Kier molecular flexibility index (Phi) is 2.46. The molecule has 1 fully saturated rings. The van der Waals surface area contributed by atoms with Gasteiger partial charge in [-0.25, -0.2) is 5.01 Å². The standard InChI is InChI=1S/C7H15N3O/c1-6(2)9-4-3-7(8)10(9)5-11/h5-7H,3-4,8H2,1-2H3. The summed E-state index contributed by atoms with van der Waals surface area (Å²) in [6, 6.07) is 0.355. The second kappa shape index (κ2) is 3.19. The SMILES string of the molecule is CC(C)N1CCC(N)N1C=O. The topological polar surface area (TPSA) is 49.6 Å². The maximum atomic E-state index is 10.5. The van der Waals surface area contributed by atoms with Crippen molar-refractivity contribution in [3.8, 4) is 0 Å². The molecule has 0 saturated carbocycles. The van der Waals surface area contributed by atoms with Crippen LogP contribution in [0.1, 0.15) is 20.3 Å². The molecule has 64 valence electrons. The summed E-state index contributed by atoms with van der Waals surface area (Å²) in [7, 11) is 0. The summed E-state index contributed by atoms with van der Waals surface area (Å²) in [5.74, 6) is 0. The average molecular weight is 157 g/mol. The Morgan fingerprint density at radius 2 is 2.27 bits per heavy atom. The first-order valence-electron chi connectivity index (χ1n) is 3.92. The van der Waals surface area contributed by atoms with Gasteiger partial charge in [0.15, 0.2) is 0 Å². The summed E-state index contributed by atoms with van der Waals surface area (Å²) in [6.45, 7) is 4.99. The van der Waals surface area contributed by atoms with Crippen LogP contribution >= 0.6 is 0 Å². The number of hydrazine groups is 1. The van der Waals surface area contributed by atoms with Crippen LogP contribution in [-0.4, -0.2) is 35.2 Å². The lowest BCUT2D eigenvalue weighted by Crippen LogP contribution is -2.46. The lowest BCUT2D eigenvalue weighted by molar-refractivity contribution is -0.135. The lowest BCUT2D eigenvalue weighted by atomic mass is 10.3. The molecule has 0 radical (unpaired) electrons. The van der Waals surface area contributed by atoms with Crippen molar-refractivity contribution in [1.29, 1.82) is 0 Å². The van der Waals surface area contributed by atoms with E-state index in [-0.39, 0.29) is 6.17 Å². The summed E-state index contributed by atoms with van der Waals surface area (Å²) in [6.07, 6.45) is 1.56. The summed E-state index contributed by atoms with van der Waals surface area (Å²) in [4.78, 5) is 10.5. The molecule has 1 saturated heterocycles. The van der Waals surface area contributed by atoms with Gasteiger partial charge in [-0.1, -0.05) is 0 Å². The molecule has 0 aromatic carbocycles. The van der Waals surface area contributed by atoms with Gasteiger partial charge in [0.25, 0.3) is 0 Å². The van der Waals surface area contributed by atoms with E-state index in [0.717, 1.165) is 19.4 Å². The molecule has 4 heteroatoms. The Labute approximate surface area is 66.9 Å². The molecule has 1 aliphatic heterocycles. The second-order valence-electron chi connectivity index (χ2n) is 3.10. The molecule has 1 atom stereocenters. The highest BCUT2D eigenvalue weighted by molar-refractivity contribution is 5.47. The maximum Gasteiger partial charge on any atom is 0.225 e. The van der Waals surface area contributed by atoms with E-state index in [9.17, 15) is 4.79 Å². The molecule has 1 amide bonds. The maximum absolute atomic E-state index is 10.5. The van der Waals surface area contributed by atoms with Crippen LogP contribution in [0.3, 0.4) is 0 Å². The zero-order valence-electron chi connectivity index (χ0n) is 7.03. The Hall–Kier alpha value is -0.610. The molecule has 4 nitrogen and oxygen atoms in total. The van der Waals surface area contributed by atoms with Gasteiger partial charge in [-0.3, -0.25) is 9.80 Å². The summed E-state index contributed by atoms with van der Waals surface area (Å²) in [5, 5.41) is 3.56. The van der Waals surface area contributed by atoms with E-state index in [1.165, 1.54) is 0 Å². The van der Waals surface area contributed by atoms with E-state index < -0.39 is 0 Å². The molecule has 1 rings (SSSR count). The molecular weight excluding hydrogens is 142 g/mol.